The second-order valence-corrected chi connectivity index (χ2v) is 5.92. The second kappa shape index (κ2) is 9.36. The summed E-state index contributed by atoms with van der Waals surface area (Å²) in [6.45, 7) is 1.99. The topological polar surface area (TPSA) is 92.7 Å². The number of Topliss-reactive ketones (excluding diaryl/α,β-unsaturated/α-hetero) is 1. The molecule has 0 fully saturated rings. The number of nitrogens with one attached hydrogen (secondary N) is 1. The van der Waals surface area contributed by atoms with Crippen LogP contribution >= 0.6 is 0 Å². The van der Waals surface area contributed by atoms with Crippen molar-refractivity contribution in [1.82, 2.24) is 5.32 Å². The number of hydrogen-bond donors (Lipinski definition) is 2. The maximum atomic E-state index is 12.1. The van der Waals surface area contributed by atoms with Crippen molar-refractivity contribution in [2.45, 2.75) is 32.4 Å². The van der Waals surface area contributed by atoms with Crippen LogP contribution in [-0.4, -0.2) is 29.0 Å². The van der Waals surface area contributed by atoms with Gasteiger partial charge in [0.2, 0.25) is 0 Å². The Morgan fingerprint density at radius 2 is 1.69 bits per heavy atom. The number of alkyl carbamates (subject to hydrolysis) is 1. The number of hydrogen-bond acceptors (Lipinski definition) is 4. The fourth-order valence-corrected chi connectivity index (χ4v) is 2.32. The average Bonchev–Trinajstić information content (AvgIpc) is 2.64. The zero-order chi connectivity index (χ0) is 18.9. The number of carbonyl (C=O) groups is 3. The molecule has 0 radical (unpaired) electrons. The minimum Gasteiger partial charge on any atom is -0.480 e. The summed E-state index contributed by atoms with van der Waals surface area (Å²) in [6, 6.07) is 14.9. The van der Waals surface area contributed by atoms with Crippen molar-refractivity contribution in [3.8, 4) is 0 Å². The first-order valence-corrected chi connectivity index (χ1v) is 8.25. The second-order valence-electron chi connectivity index (χ2n) is 5.92. The number of amides is 1. The van der Waals surface area contributed by atoms with Gasteiger partial charge in [-0.25, -0.2) is 9.59 Å². The highest BCUT2D eigenvalue weighted by Gasteiger charge is 2.22. The van der Waals surface area contributed by atoms with Gasteiger partial charge >= 0.3 is 12.1 Å². The van der Waals surface area contributed by atoms with Crippen LogP contribution in [0.3, 0.4) is 0 Å². The third kappa shape index (κ3) is 6.05. The molecule has 1 unspecified atom stereocenters. The summed E-state index contributed by atoms with van der Waals surface area (Å²) >= 11 is 0. The number of carboxylic acids is 1. The molecule has 0 aromatic heterocycles. The molecule has 0 heterocycles. The van der Waals surface area contributed by atoms with Gasteiger partial charge in [0.1, 0.15) is 12.6 Å². The van der Waals surface area contributed by atoms with E-state index in [1.807, 2.05) is 31.2 Å². The van der Waals surface area contributed by atoms with Crippen molar-refractivity contribution in [3.05, 3.63) is 71.3 Å². The lowest BCUT2D eigenvalue weighted by Crippen LogP contribution is -2.41. The van der Waals surface area contributed by atoms with Crippen molar-refractivity contribution < 1.29 is 24.2 Å². The zero-order valence-corrected chi connectivity index (χ0v) is 14.5. The van der Waals surface area contributed by atoms with Gasteiger partial charge < -0.3 is 15.2 Å². The van der Waals surface area contributed by atoms with Gasteiger partial charge in [-0.2, -0.15) is 0 Å². The van der Waals surface area contributed by atoms with Crippen molar-refractivity contribution >= 4 is 17.8 Å². The van der Waals surface area contributed by atoms with E-state index in [1.54, 1.807) is 30.3 Å². The van der Waals surface area contributed by atoms with E-state index >= 15 is 0 Å². The fourth-order valence-electron chi connectivity index (χ4n) is 2.32. The lowest BCUT2D eigenvalue weighted by Gasteiger charge is -2.14. The molecule has 1 atom stereocenters. The SMILES string of the molecule is Cc1ccc(COC(=O)NC(CCC(=O)c2ccccc2)C(=O)O)cc1. The highest BCUT2D eigenvalue weighted by Crippen LogP contribution is 2.08. The van der Waals surface area contributed by atoms with Gasteiger partial charge in [0.15, 0.2) is 5.78 Å². The molecule has 136 valence electrons. The number of benzene rings is 2. The Morgan fingerprint density at radius 1 is 1.04 bits per heavy atom. The Labute approximate surface area is 151 Å². The summed E-state index contributed by atoms with van der Waals surface area (Å²) in [7, 11) is 0. The highest BCUT2D eigenvalue weighted by atomic mass is 16.5. The van der Waals surface area contributed by atoms with Crippen LogP contribution in [-0.2, 0) is 16.1 Å². The van der Waals surface area contributed by atoms with Crippen LogP contribution < -0.4 is 5.32 Å². The first-order chi connectivity index (χ1) is 12.5. The Bertz CT molecular complexity index is 756. The van der Waals surface area contributed by atoms with Crippen LogP contribution in [0.5, 0.6) is 0 Å². The molecule has 0 aliphatic heterocycles. The normalized spacial score (nSPS) is 11.4. The van der Waals surface area contributed by atoms with E-state index < -0.39 is 18.1 Å². The first-order valence-electron chi connectivity index (χ1n) is 8.25. The Balaban J connectivity index is 1.83. The summed E-state index contributed by atoms with van der Waals surface area (Å²) in [5.41, 5.74) is 2.41. The minimum absolute atomic E-state index is 0.0112. The van der Waals surface area contributed by atoms with Crippen LogP contribution in [0.1, 0.15) is 34.3 Å². The minimum atomic E-state index is -1.21. The summed E-state index contributed by atoms with van der Waals surface area (Å²) in [4.78, 5) is 35.2. The molecular formula is C20H21NO5. The number of rotatable bonds is 8. The van der Waals surface area contributed by atoms with Gasteiger partial charge in [-0.1, -0.05) is 60.2 Å². The van der Waals surface area contributed by atoms with Crippen molar-refractivity contribution in [2.75, 3.05) is 0 Å². The summed E-state index contributed by atoms with van der Waals surface area (Å²) in [6.07, 6.45) is -0.827. The number of aliphatic carboxylic acids is 1. The smallest absolute Gasteiger partial charge is 0.408 e. The maximum absolute atomic E-state index is 12.1. The molecule has 2 aromatic carbocycles. The van der Waals surface area contributed by atoms with E-state index in [9.17, 15) is 19.5 Å². The highest BCUT2D eigenvalue weighted by molar-refractivity contribution is 5.96. The standard InChI is InChI=1S/C20H21NO5/c1-14-7-9-15(10-8-14)13-26-20(25)21-17(19(23)24)11-12-18(22)16-5-3-2-4-6-16/h2-10,17H,11-13H2,1H3,(H,21,25)(H,23,24). The maximum Gasteiger partial charge on any atom is 0.408 e. The van der Waals surface area contributed by atoms with Crippen molar-refractivity contribution in [1.29, 1.82) is 0 Å². The van der Waals surface area contributed by atoms with E-state index in [0.29, 0.717) is 5.56 Å². The van der Waals surface area contributed by atoms with E-state index in [1.165, 1.54) is 0 Å². The third-order valence-electron chi connectivity index (χ3n) is 3.84. The predicted molar refractivity (Wildman–Crippen MR) is 95.9 cm³/mol. The van der Waals surface area contributed by atoms with Crippen LogP contribution in [0.4, 0.5) is 4.79 Å². The van der Waals surface area contributed by atoms with Gasteiger partial charge in [0.25, 0.3) is 0 Å². The Hall–Kier alpha value is -3.15. The molecule has 2 rings (SSSR count). The van der Waals surface area contributed by atoms with Gasteiger partial charge in [-0.05, 0) is 18.9 Å². The average molecular weight is 355 g/mol. The Kier molecular flexibility index (Phi) is 6.91. The van der Waals surface area contributed by atoms with E-state index in [0.717, 1.165) is 11.1 Å². The Morgan fingerprint density at radius 3 is 2.31 bits per heavy atom. The van der Waals surface area contributed by atoms with Gasteiger partial charge in [-0.15, -0.1) is 0 Å². The third-order valence-corrected chi connectivity index (χ3v) is 3.84. The lowest BCUT2D eigenvalue weighted by atomic mass is 10.0. The monoisotopic (exact) mass is 355 g/mol. The molecule has 0 saturated carbocycles. The molecule has 0 saturated heterocycles. The molecule has 1 amide bonds. The summed E-state index contributed by atoms with van der Waals surface area (Å²) < 4.78 is 5.04. The molecule has 6 nitrogen and oxygen atoms in total. The number of ether oxygens (including phenoxy) is 1. The molecule has 26 heavy (non-hydrogen) atoms. The number of carbonyl (C=O) groups excluding carboxylic acids is 2. The van der Waals surface area contributed by atoms with E-state index in [4.69, 9.17) is 4.74 Å². The van der Waals surface area contributed by atoms with E-state index in [-0.39, 0.29) is 25.2 Å². The predicted octanol–water partition coefficient (Wildman–Crippen LogP) is 3.34. The largest absolute Gasteiger partial charge is 0.480 e. The lowest BCUT2D eigenvalue weighted by molar-refractivity contribution is -0.139. The van der Waals surface area contributed by atoms with Gasteiger partial charge in [-0.3, -0.25) is 4.79 Å². The molecule has 2 N–H and O–H groups in total. The number of aryl methyl sites for hydroxylation is 1. The molecule has 2 aromatic rings. The molecular weight excluding hydrogens is 334 g/mol. The number of ketones is 1. The summed E-state index contributed by atoms with van der Waals surface area (Å²) in [5, 5.41) is 11.5. The van der Waals surface area contributed by atoms with Crippen LogP contribution in [0.2, 0.25) is 0 Å². The molecule has 6 heteroatoms. The fraction of sp³-hybridized carbons (Fsp3) is 0.250. The zero-order valence-electron chi connectivity index (χ0n) is 14.5. The molecule has 0 aliphatic rings. The van der Waals surface area contributed by atoms with Crippen molar-refractivity contribution in [3.63, 3.8) is 0 Å². The molecule has 0 bridgehead atoms. The molecule has 0 spiro atoms. The van der Waals surface area contributed by atoms with Gasteiger partial charge in [0.05, 0.1) is 0 Å². The van der Waals surface area contributed by atoms with E-state index in [2.05, 4.69) is 5.32 Å². The van der Waals surface area contributed by atoms with Crippen LogP contribution in [0, 0.1) is 6.92 Å². The quantitative estimate of drug-likeness (QED) is 0.709. The first kappa shape index (κ1) is 19.2. The number of carboxylic acid groups (broad SMARTS) is 1. The van der Waals surface area contributed by atoms with Crippen molar-refractivity contribution in [2.24, 2.45) is 0 Å². The molecule has 0 aliphatic carbocycles. The van der Waals surface area contributed by atoms with Crippen LogP contribution in [0.15, 0.2) is 54.6 Å². The van der Waals surface area contributed by atoms with Gasteiger partial charge in [0, 0.05) is 12.0 Å². The van der Waals surface area contributed by atoms with Crippen LogP contribution in [0.25, 0.3) is 0 Å². The summed E-state index contributed by atoms with van der Waals surface area (Å²) in [5.74, 6) is -1.38.